The Bertz CT molecular complexity index is 394. The Morgan fingerprint density at radius 3 is 2.24 bits per heavy atom. The van der Waals surface area contributed by atoms with Crippen molar-refractivity contribution in [1.29, 1.82) is 0 Å². The van der Waals surface area contributed by atoms with E-state index in [0.29, 0.717) is 17.5 Å². The average Bonchev–Trinajstić information content (AvgIpc) is 2.14. The highest BCUT2D eigenvalue weighted by molar-refractivity contribution is 5.34. The van der Waals surface area contributed by atoms with E-state index < -0.39 is 0 Å². The minimum Gasteiger partial charge on any atom is -0.472 e. The van der Waals surface area contributed by atoms with E-state index in [0.717, 1.165) is 6.42 Å². The summed E-state index contributed by atoms with van der Waals surface area (Å²) in [7, 11) is 0. The monoisotopic (exact) mass is 237 g/mol. The number of hydrogen-bond acceptors (Lipinski definition) is 4. The molecule has 0 fully saturated rings. The number of nitrogens with zero attached hydrogens (tertiary/aromatic N) is 2. The Balaban J connectivity index is 3.06. The lowest BCUT2D eigenvalue weighted by molar-refractivity contribution is 0.0982. The van der Waals surface area contributed by atoms with Crippen LogP contribution >= 0.6 is 0 Å². The maximum atomic E-state index is 5.84. The van der Waals surface area contributed by atoms with Crippen LogP contribution in [-0.4, -0.2) is 15.6 Å². The summed E-state index contributed by atoms with van der Waals surface area (Å²) in [6.07, 6.45) is 0.905. The van der Waals surface area contributed by atoms with Crippen molar-refractivity contribution < 1.29 is 4.74 Å². The molecule has 0 aromatic carbocycles. The van der Waals surface area contributed by atoms with Crippen LogP contribution in [0.15, 0.2) is 6.07 Å². The Morgan fingerprint density at radius 2 is 1.76 bits per heavy atom. The average molecular weight is 237 g/mol. The number of nitrogens with two attached hydrogens (primary N) is 1. The Labute approximate surface area is 104 Å². The highest BCUT2D eigenvalue weighted by Gasteiger charge is 2.22. The lowest BCUT2D eigenvalue weighted by atomic mass is 9.96. The lowest BCUT2D eigenvalue weighted by Crippen LogP contribution is -2.28. The first-order valence-corrected chi connectivity index (χ1v) is 5.98. The molecule has 0 spiro atoms. The van der Waals surface area contributed by atoms with Crippen molar-refractivity contribution in [3.63, 3.8) is 0 Å². The number of aromatic nitrogens is 2. The number of anilines is 1. The molecule has 0 saturated heterocycles. The second kappa shape index (κ2) is 4.51. The summed E-state index contributed by atoms with van der Waals surface area (Å²) in [6, 6.07) is 1.67. The van der Waals surface area contributed by atoms with Gasteiger partial charge in [-0.15, -0.1) is 0 Å². The number of ether oxygens (including phenoxy) is 1. The summed E-state index contributed by atoms with van der Waals surface area (Å²) in [4.78, 5) is 8.67. The summed E-state index contributed by atoms with van der Waals surface area (Å²) in [5.74, 6) is 1.71. The van der Waals surface area contributed by atoms with Crippen molar-refractivity contribution in [3.05, 3.63) is 11.9 Å². The van der Waals surface area contributed by atoms with E-state index in [-0.39, 0.29) is 11.0 Å². The molecule has 17 heavy (non-hydrogen) atoms. The van der Waals surface area contributed by atoms with Gasteiger partial charge in [0.25, 0.3) is 0 Å². The van der Waals surface area contributed by atoms with Gasteiger partial charge in [0, 0.05) is 11.5 Å². The summed E-state index contributed by atoms with van der Waals surface area (Å²) < 4.78 is 5.84. The van der Waals surface area contributed by atoms with Crippen molar-refractivity contribution in [3.8, 4) is 5.88 Å². The SMILES string of the molecule is CCC(C)(C)Oc1cc(N)nc(C(C)(C)C)n1. The van der Waals surface area contributed by atoms with Crippen molar-refractivity contribution in [2.24, 2.45) is 0 Å². The molecule has 1 rings (SSSR count). The molecule has 1 aromatic rings. The Kier molecular flexibility index (Phi) is 3.65. The van der Waals surface area contributed by atoms with E-state index in [4.69, 9.17) is 10.5 Å². The minimum absolute atomic E-state index is 0.135. The van der Waals surface area contributed by atoms with Gasteiger partial charge >= 0.3 is 0 Å². The molecule has 4 heteroatoms. The fraction of sp³-hybridized carbons (Fsp3) is 0.692. The fourth-order valence-electron chi connectivity index (χ4n) is 1.19. The van der Waals surface area contributed by atoms with Gasteiger partial charge in [-0.1, -0.05) is 27.7 Å². The zero-order valence-corrected chi connectivity index (χ0v) is 11.7. The third-order valence-corrected chi connectivity index (χ3v) is 2.63. The molecule has 0 radical (unpaired) electrons. The molecule has 0 aliphatic heterocycles. The van der Waals surface area contributed by atoms with Crippen LogP contribution in [0.3, 0.4) is 0 Å². The molecule has 0 aliphatic carbocycles. The largest absolute Gasteiger partial charge is 0.472 e. The van der Waals surface area contributed by atoms with Crippen LogP contribution in [0, 0.1) is 0 Å². The third kappa shape index (κ3) is 3.88. The summed E-state index contributed by atoms with van der Waals surface area (Å²) >= 11 is 0. The lowest BCUT2D eigenvalue weighted by Gasteiger charge is -2.25. The second-order valence-corrected chi connectivity index (χ2v) is 5.92. The molecule has 96 valence electrons. The van der Waals surface area contributed by atoms with E-state index in [1.54, 1.807) is 6.07 Å². The van der Waals surface area contributed by atoms with Gasteiger partial charge in [-0.3, -0.25) is 0 Å². The predicted molar refractivity (Wildman–Crippen MR) is 70.1 cm³/mol. The van der Waals surface area contributed by atoms with E-state index in [2.05, 4.69) is 37.7 Å². The van der Waals surface area contributed by atoms with Gasteiger partial charge < -0.3 is 10.5 Å². The first kappa shape index (κ1) is 13.7. The van der Waals surface area contributed by atoms with Crippen LogP contribution in [0.25, 0.3) is 0 Å². The van der Waals surface area contributed by atoms with Crippen LogP contribution < -0.4 is 10.5 Å². The van der Waals surface area contributed by atoms with Crippen LogP contribution in [0.5, 0.6) is 5.88 Å². The molecule has 0 bridgehead atoms. The van der Waals surface area contributed by atoms with Crippen molar-refractivity contribution in [2.45, 2.75) is 59.0 Å². The molecule has 1 heterocycles. The molecule has 0 amide bonds. The number of hydrogen-bond donors (Lipinski definition) is 1. The highest BCUT2D eigenvalue weighted by Crippen LogP contribution is 2.25. The second-order valence-electron chi connectivity index (χ2n) is 5.92. The van der Waals surface area contributed by atoms with Gasteiger partial charge in [0.05, 0.1) is 0 Å². The zero-order chi connectivity index (χ0) is 13.3. The van der Waals surface area contributed by atoms with Gasteiger partial charge in [0.1, 0.15) is 17.2 Å². The van der Waals surface area contributed by atoms with E-state index in [9.17, 15) is 0 Å². The topological polar surface area (TPSA) is 61.0 Å². The van der Waals surface area contributed by atoms with Crippen LogP contribution in [0.2, 0.25) is 0 Å². The zero-order valence-electron chi connectivity index (χ0n) is 11.7. The predicted octanol–water partition coefficient (Wildman–Crippen LogP) is 2.92. The van der Waals surface area contributed by atoms with E-state index in [1.807, 2.05) is 13.8 Å². The maximum absolute atomic E-state index is 5.84. The fourth-order valence-corrected chi connectivity index (χ4v) is 1.19. The maximum Gasteiger partial charge on any atom is 0.219 e. The molecule has 0 aliphatic rings. The summed E-state index contributed by atoms with van der Waals surface area (Å²) in [6.45, 7) is 12.3. The van der Waals surface area contributed by atoms with Gasteiger partial charge in [0.2, 0.25) is 5.88 Å². The molecule has 0 saturated carbocycles. The van der Waals surface area contributed by atoms with Crippen LogP contribution in [0.4, 0.5) is 5.82 Å². The number of nitrogen functional groups attached to an aromatic ring is 1. The third-order valence-electron chi connectivity index (χ3n) is 2.63. The first-order valence-electron chi connectivity index (χ1n) is 5.98. The molecule has 2 N–H and O–H groups in total. The Morgan fingerprint density at radius 1 is 1.18 bits per heavy atom. The van der Waals surface area contributed by atoms with Crippen molar-refractivity contribution in [2.75, 3.05) is 5.73 Å². The molecule has 1 aromatic heterocycles. The van der Waals surface area contributed by atoms with Crippen LogP contribution in [-0.2, 0) is 5.41 Å². The molecule has 0 atom stereocenters. The smallest absolute Gasteiger partial charge is 0.219 e. The van der Waals surface area contributed by atoms with Gasteiger partial charge in [-0.2, -0.15) is 4.98 Å². The Hall–Kier alpha value is -1.32. The van der Waals surface area contributed by atoms with Crippen LogP contribution in [0.1, 0.15) is 53.8 Å². The van der Waals surface area contributed by atoms with E-state index >= 15 is 0 Å². The normalized spacial score (nSPS) is 12.6. The summed E-state index contributed by atoms with van der Waals surface area (Å²) in [5, 5.41) is 0. The number of rotatable bonds is 3. The highest BCUT2D eigenvalue weighted by atomic mass is 16.5. The molecule has 4 nitrogen and oxygen atoms in total. The standard InChI is InChI=1S/C13H23N3O/c1-7-13(5,6)17-10-8-9(14)15-11(16-10)12(2,3)4/h8H,7H2,1-6H3,(H2,14,15,16). The minimum atomic E-state index is -0.240. The van der Waals surface area contributed by atoms with Gasteiger partial charge in [-0.25, -0.2) is 4.98 Å². The van der Waals surface area contributed by atoms with Gasteiger partial charge in [-0.05, 0) is 20.3 Å². The molecule has 0 unspecified atom stereocenters. The van der Waals surface area contributed by atoms with Crippen molar-refractivity contribution >= 4 is 5.82 Å². The van der Waals surface area contributed by atoms with Gasteiger partial charge in [0.15, 0.2) is 0 Å². The summed E-state index contributed by atoms with van der Waals surface area (Å²) in [5.41, 5.74) is 5.41. The van der Waals surface area contributed by atoms with E-state index in [1.165, 1.54) is 0 Å². The quantitative estimate of drug-likeness (QED) is 0.878. The molecular weight excluding hydrogens is 214 g/mol. The molecular formula is C13H23N3O. The van der Waals surface area contributed by atoms with Crippen molar-refractivity contribution in [1.82, 2.24) is 9.97 Å². The first-order chi connectivity index (χ1) is 7.64.